The smallest absolute Gasteiger partial charge is 0.258 e. The van der Waals surface area contributed by atoms with Gasteiger partial charge in [0.05, 0.1) is 11.6 Å². The van der Waals surface area contributed by atoms with Crippen LogP contribution in [0.3, 0.4) is 0 Å². The highest BCUT2D eigenvalue weighted by atomic mass is 32.1. The van der Waals surface area contributed by atoms with Gasteiger partial charge in [-0.15, -0.1) is 0 Å². The molecule has 1 amide bonds. The number of aryl methyl sites for hydroxylation is 1. The molecule has 0 aliphatic rings. The van der Waals surface area contributed by atoms with Crippen molar-refractivity contribution in [1.29, 1.82) is 0 Å². The summed E-state index contributed by atoms with van der Waals surface area (Å²) in [5.74, 6) is -0.698. The van der Waals surface area contributed by atoms with Gasteiger partial charge >= 0.3 is 0 Å². The maximum atomic E-state index is 12.4. The first-order valence-corrected chi connectivity index (χ1v) is 6.39. The van der Waals surface area contributed by atoms with E-state index in [0.29, 0.717) is 5.56 Å². The summed E-state index contributed by atoms with van der Waals surface area (Å²) in [6.07, 6.45) is 0.129. The molecule has 0 unspecified atom stereocenters. The van der Waals surface area contributed by atoms with E-state index in [1.807, 2.05) is 23.4 Å². The van der Waals surface area contributed by atoms with E-state index in [1.54, 1.807) is 0 Å². The van der Waals surface area contributed by atoms with Crippen molar-refractivity contribution >= 4 is 23.3 Å². The van der Waals surface area contributed by atoms with Gasteiger partial charge in [-0.05, 0) is 36.8 Å². The number of amides is 1. The molecule has 0 aromatic heterocycles. The fourth-order valence-corrected chi connectivity index (χ4v) is 1.50. The number of nitrogens with zero attached hydrogens (tertiary/aromatic N) is 1. The largest absolute Gasteiger partial charge is 0.271 e. The fourth-order valence-electron chi connectivity index (χ4n) is 1.40. The Balaban J connectivity index is 0.000000240. The molecule has 0 bridgehead atoms. The third-order valence-electron chi connectivity index (χ3n) is 2.38. The quantitative estimate of drug-likeness (QED) is 0.617. The molecule has 2 rings (SSSR count). The number of benzene rings is 2. The molecule has 20 heavy (non-hydrogen) atoms. The molecule has 0 N–H and O–H groups in total. The van der Waals surface area contributed by atoms with Crippen molar-refractivity contribution in [3.63, 3.8) is 0 Å². The Labute approximate surface area is 123 Å². The van der Waals surface area contributed by atoms with Gasteiger partial charge in [0.1, 0.15) is 5.82 Å². The van der Waals surface area contributed by atoms with Crippen LogP contribution in [0.2, 0.25) is 0 Å². The predicted molar refractivity (Wildman–Crippen MR) is 81.3 cm³/mol. The van der Waals surface area contributed by atoms with Gasteiger partial charge in [-0.3, -0.25) is 4.79 Å². The summed E-state index contributed by atoms with van der Waals surface area (Å²) in [5.41, 5.74) is 2.03. The minimum absolute atomic E-state index is 0.129. The number of rotatable bonds is 2. The Morgan fingerprint density at radius 2 is 1.75 bits per heavy atom. The Bertz CT molecular complexity index is 590. The predicted octanol–water partition coefficient (Wildman–Crippen LogP) is 3.99. The Hall–Kier alpha value is -2.16. The summed E-state index contributed by atoms with van der Waals surface area (Å²) < 4.78 is 12.4. The van der Waals surface area contributed by atoms with Crippen LogP contribution in [-0.2, 0) is 11.2 Å². The SMILES string of the molecule is Cc1ccccc1.O=C(Cc1ccc(F)cc1)N=C=S. The summed E-state index contributed by atoms with van der Waals surface area (Å²) in [5, 5.41) is 1.98. The van der Waals surface area contributed by atoms with Crippen LogP contribution in [-0.4, -0.2) is 11.1 Å². The molecule has 0 spiro atoms. The average molecular weight is 287 g/mol. The Morgan fingerprint density at radius 3 is 2.20 bits per heavy atom. The molecule has 2 nitrogen and oxygen atoms in total. The van der Waals surface area contributed by atoms with Gasteiger partial charge in [0.15, 0.2) is 0 Å². The summed E-state index contributed by atoms with van der Waals surface area (Å²) in [7, 11) is 0. The van der Waals surface area contributed by atoms with E-state index in [-0.39, 0.29) is 18.1 Å². The van der Waals surface area contributed by atoms with Gasteiger partial charge in [0, 0.05) is 0 Å². The third-order valence-corrected chi connectivity index (χ3v) is 2.47. The second kappa shape index (κ2) is 8.86. The van der Waals surface area contributed by atoms with Crippen LogP contribution in [0, 0.1) is 12.7 Å². The van der Waals surface area contributed by atoms with E-state index in [2.05, 4.69) is 36.3 Å². The average Bonchev–Trinajstić information content (AvgIpc) is 2.43. The van der Waals surface area contributed by atoms with E-state index in [1.165, 1.54) is 29.8 Å². The zero-order valence-corrected chi connectivity index (χ0v) is 11.9. The number of carbonyl (C=O) groups is 1. The van der Waals surface area contributed by atoms with Gasteiger partial charge in [0.2, 0.25) is 0 Å². The van der Waals surface area contributed by atoms with E-state index < -0.39 is 0 Å². The molecule has 0 saturated heterocycles. The first-order chi connectivity index (χ1) is 9.61. The number of hydrogen-bond acceptors (Lipinski definition) is 2. The van der Waals surface area contributed by atoms with Crippen molar-refractivity contribution in [2.45, 2.75) is 13.3 Å². The van der Waals surface area contributed by atoms with Crippen LogP contribution in [0.4, 0.5) is 4.39 Å². The highest BCUT2D eigenvalue weighted by Crippen LogP contribution is 2.03. The van der Waals surface area contributed by atoms with Crippen LogP contribution >= 0.6 is 12.2 Å². The van der Waals surface area contributed by atoms with E-state index in [0.717, 1.165) is 0 Å². The molecule has 0 heterocycles. The van der Waals surface area contributed by atoms with Gasteiger partial charge in [-0.25, -0.2) is 4.39 Å². The molecule has 0 saturated carbocycles. The lowest BCUT2D eigenvalue weighted by atomic mass is 10.1. The number of carbonyl (C=O) groups excluding carboxylic acids is 1. The first-order valence-electron chi connectivity index (χ1n) is 5.98. The van der Waals surface area contributed by atoms with Crippen molar-refractivity contribution in [1.82, 2.24) is 0 Å². The highest BCUT2D eigenvalue weighted by Gasteiger charge is 2.00. The molecule has 4 heteroatoms. The van der Waals surface area contributed by atoms with E-state index >= 15 is 0 Å². The molecule has 0 radical (unpaired) electrons. The van der Waals surface area contributed by atoms with Crippen molar-refractivity contribution < 1.29 is 9.18 Å². The summed E-state index contributed by atoms with van der Waals surface area (Å²) in [6.45, 7) is 2.08. The number of halogens is 1. The lowest BCUT2D eigenvalue weighted by Gasteiger charge is -1.95. The van der Waals surface area contributed by atoms with Crippen molar-refractivity contribution in [3.05, 3.63) is 71.5 Å². The molecule has 0 fully saturated rings. The van der Waals surface area contributed by atoms with Crippen LogP contribution < -0.4 is 0 Å². The zero-order chi connectivity index (χ0) is 14.8. The minimum Gasteiger partial charge on any atom is -0.271 e. The molecule has 0 atom stereocenters. The van der Waals surface area contributed by atoms with E-state index in [4.69, 9.17) is 0 Å². The standard InChI is InChI=1S/C9H6FNOS.C7H8/c10-8-3-1-7(2-4-8)5-9(12)11-6-13;1-7-5-3-2-4-6-7/h1-4H,5H2;2-6H,1H3. The Kier molecular flexibility index (Phi) is 7.04. The molecule has 102 valence electrons. The monoisotopic (exact) mass is 287 g/mol. The van der Waals surface area contributed by atoms with Gasteiger partial charge in [-0.1, -0.05) is 48.0 Å². The second-order valence-corrected chi connectivity index (χ2v) is 4.24. The maximum absolute atomic E-state index is 12.4. The van der Waals surface area contributed by atoms with Crippen LogP contribution in [0.5, 0.6) is 0 Å². The topological polar surface area (TPSA) is 29.4 Å². The van der Waals surface area contributed by atoms with Crippen molar-refractivity contribution in [2.75, 3.05) is 0 Å². The summed E-state index contributed by atoms with van der Waals surface area (Å²) >= 11 is 4.27. The normalized spacial score (nSPS) is 8.90. The molecule has 0 aliphatic carbocycles. The number of hydrogen-bond donors (Lipinski definition) is 0. The number of isothiocyanates is 1. The molecule has 2 aromatic rings. The third kappa shape index (κ3) is 6.69. The van der Waals surface area contributed by atoms with E-state index in [9.17, 15) is 9.18 Å². The van der Waals surface area contributed by atoms with Crippen LogP contribution in [0.1, 0.15) is 11.1 Å². The van der Waals surface area contributed by atoms with Gasteiger partial charge < -0.3 is 0 Å². The lowest BCUT2D eigenvalue weighted by molar-refractivity contribution is -0.117. The van der Waals surface area contributed by atoms with Crippen molar-refractivity contribution in [2.24, 2.45) is 4.99 Å². The zero-order valence-electron chi connectivity index (χ0n) is 11.0. The van der Waals surface area contributed by atoms with Crippen molar-refractivity contribution in [3.8, 4) is 0 Å². The lowest BCUT2D eigenvalue weighted by Crippen LogP contribution is -1.97. The van der Waals surface area contributed by atoms with Gasteiger partial charge in [-0.2, -0.15) is 4.99 Å². The highest BCUT2D eigenvalue weighted by molar-refractivity contribution is 7.78. The summed E-state index contributed by atoms with van der Waals surface area (Å²) in [6, 6.07) is 15.9. The minimum atomic E-state index is -0.374. The van der Waals surface area contributed by atoms with Crippen LogP contribution in [0.25, 0.3) is 0 Å². The number of thiocarbonyl (C=S) groups is 1. The molecule has 2 aromatic carbocycles. The Morgan fingerprint density at radius 1 is 1.15 bits per heavy atom. The first kappa shape index (κ1) is 15.9. The molecule has 0 aliphatic heterocycles. The summed E-state index contributed by atoms with van der Waals surface area (Å²) in [4.78, 5) is 14.2. The molecular formula is C16H14FNOS. The fraction of sp³-hybridized carbons (Fsp3) is 0.125. The van der Waals surface area contributed by atoms with Gasteiger partial charge in [0.25, 0.3) is 5.91 Å². The van der Waals surface area contributed by atoms with Crippen LogP contribution in [0.15, 0.2) is 59.6 Å². The molecular weight excluding hydrogens is 273 g/mol. The number of aliphatic imine (C=N–C) groups is 1. The second-order valence-electron chi connectivity index (χ2n) is 4.05. The maximum Gasteiger partial charge on any atom is 0.258 e.